The summed E-state index contributed by atoms with van der Waals surface area (Å²) in [5, 5.41) is 20.3. The molecule has 1 saturated carbocycles. The lowest BCUT2D eigenvalue weighted by Gasteiger charge is -2.27. The van der Waals surface area contributed by atoms with Gasteiger partial charge in [0.2, 0.25) is 11.8 Å². The van der Waals surface area contributed by atoms with Gasteiger partial charge in [-0.05, 0) is 46.6 Å². The van der Waals surface area contributed by atoms with Crippen molar-refractivity contribution >= 4 is 34.3 Å². The minimum atomic E-state index is -1.15. The van der Waals surface area contributed by atoms with Crippen molar-refractivity contribution < 1.29 is 20.0 Å². The summed E-state index contributed by atoms with van der Waals surface area (Å²) < 4.78 is 0. The van der Waals surface area contributed by atoms with E-state index in [0.29, 0.717) is 0 Å². The van der Waals surface area contributed by atoms with Crippen LogP contribution in [0.3, 0.4) is 0 Å². The molecular formula is C27H22N2O4. The summed E-state index contributed by atoms with van der Waals surface area (Å²) in [7, 11) is 0. The molecule has 2 fully saturated rings. The van der Waals surface area contributed by atoms with Gasteiger partial charge in [-0.25, -0.2) is 10.1 Å². The van der Waals surface area contributed by atoms with Crippen LogP contribution in [-0.4, -0.2) is 17.0 Å². The molecule has 1 aliphatic heterocycles. The summed E-state index contributed by atoms with van der Waals surface area (Å²) in [6.07, 6.45) is 0.760. The van der Waals surface area contributed by atoms with Crippen LogP contribution in [0, 0.1) is 28.9 Å². The molecule has 3 aromatic rings. The number of quaternary nitrogens is 1. The zero-order chi connectivity index (χ0) is 22.7. The Kier molecular flexibility index (Phi) is 4.55. The number of rotatable bonds is 4. The van der Waals surface area contributed by atoms with Crippen molar-refractivity contribution in [2.75, 3.05) is 4.90 Å². The number of nitrogens with zero attached hydrogens (tertiary/aromatic N) is 1. The van der Waals surface area contributed by atoms with Gasteiger partial charge in [0.25, 0.3) is 0 Å². The van der Waals surface area contributed by atoms with E-state index in [9.17, 15) is 20.0 Å². The third kappa shape index (κ3) is 2.85. The topological polar surface area (TPSA) is 85.1 Å². The molecule has 2 amide bonds. The minimum Gasteiger partial charge on any atom is -0.595 e. The number of amides is 2. The normalized spacial score (nSPS) is 26.8. The Bertz CT molecular complexity index is 1210. The minimum absolute atomic E-state index is 0.0361. The standard InChI is InChI=1S/C27H22N2O4/c30-26-24-18-15-19(25(24)27(31)28(26)20-13-7-8-14-21(20)29(32)33)23(17-11-5-2-6-12-17)22(18)16-9-3-1-4-10-16/h1-14,18-19,24-25,29,32H,15H2/t18-,19-,24-,25+/m0/s1. The van der Waals surface area contributed by atoms with Crippen LogP contribution in [0.5, 0.6) is 0 Å². The van der Waals surface area contributed by atoms with Crippen molar-refractivity contribution in [1.82, 2.24) is 0 Å². The molecule has 1 saturated heterocycles. The third-order valence-corrected chi connectivity index (χ3v) is 7.35. The third-order valence-electron chi connectivity index (χ3n) is 7.35. The quantitative estimate of drug-likeness (QED) is 0.483. The highest BCUT2D eigenvalue weighted by atomic mass is 16.8. The summed E-state index contributed by atoms with van der Waals surface area (Å²) in [5.41, 5.74) is 4.56. The molecular weight excluding hydrogens is 416 g/mol. The Morgan fingerprint density at radius 2 is 1.18 bits per heavy atom. The number of anilines is 1. The van der Waals surface area contributed by atoms with Gasteiger partial charge >= 0.3 is 0 Å². The fraction of sp³-hybridized carbons (Fsp3) is 0.185. The van der Waals surface area contributed by atoms with Gasteiger partial charge in [0.05, 0.1) is 11.8 Å². The molecule has 3 aliphatic rings. The van der Waals surface area contributed by atoms with Crippen LogP contribution in [0.15, 0.2) is 84.9 Å². The number of fused-ring (bicyclic) bond motifs is 5. The first-order chi connectivity index (χ1) is 16.1. The Morgan fingerprint density at radius 3 is 1.67 bits per heavy atom. The molecule has 2 bridgehead atoms. The first-order valence-corrected chi connectivity index (χ1v) is 11.1. The maximum Gasteiger partial charge on any atom is 0.238 e. The number of hydrogen-bond donors (Lipinski definition) is 2. The second-order valence-corrected chi connectivity index (χ2v) is 8.89. The van der Waals surface area contributed by atoms with Crippen LogP contribution < -0.4 is 10.1 Å². The van der Waals surface area contributed by atoms with Crippen LogP contribution in [0.25, 0.3) is 11.1 Å². The zero-order valence-corrected chi connectivity index (χ0v) is 17.7. The van der Waals surface area contributed by atoms with E-state index >= 15 is 0 Å². The van der Waals surface area contributed by atoms with Crippen molar-refractivity contribution in [2.24, 2.45) is 23.7 Å². The summed E-state index contributed by atoms with van der Waals surface area (Å²) in [6.45, 7) is 0. The maximum absolute atomic E-state index is 13.7. The first kappa shape index (κ1) is 20.1. The Balaban J connectivity index is 1.49. The van der Waals surface area contributed by atoms with Crippen molar-refractivity contribution in [1.29, 1.82) is 0 Å². The highest BCUT2D eigenvalue weighted by Crippen LogP contribution is 2.64. The zero-order valence-electron chi connectivity index (χ0n) is 17.7. The number of para-hydroxylation sites is 2. The second-order valence-electron chi connectivity index (χ2n) is 8.89. The molecule has 1 unspecified atom stereocenters. The van der Waals surface area contributed by atoms with Crippen molar-refractivity contribution in [3.63, 3.8) is 0 Å². The van der Waals surface area contributed by atoms with Crippen LogP contribution in [0.2, 0.25) is 0 Å². The SMILES string of the molecule is O=C1[C@@H]2[C@H](C(=O)N1c1ccccc1[NH+]([O-])O)[C@H]1C[C@H]2C(c2ccccc2)=C1c1ccccc1. The van der Waals surface area contributed by atoms with Crippen LogP contribution in [0.4, 0.5) is 11.4 Å². The Hall–Kier alpha value is -3.58. The molecule has 1 heterocycles. The van der Waals surface area contributed by atoms with E-state index in [-0.39, 0.29) is 35.0 Å². The van der Waals surface area contributed by atoms with E-state index in [1.165, 1.54) is 6.07 Å². The molecule has 0 radical (unpaired) electrons. The van der Waals surface area contributed by atoms with Gasteiger partial charge < -0.3 is 5.21 Å². The molecule has 2 N–H and O–H groups in total. The maximum atomic E-state index is 13.7. The van der Waals surface area contributed by atoms with Gasteiger partial charge in [0.1, 0.15) is 5.69 Å². The largest absolute Gasteiger partial charge is 0.595 e. The molecule has 6 heteroatoms. The van der Waals surface area contributed by atoms with Crippen molar-refractivity contribution in [2.45, 2.75) is 6.42 Å². The Morgan fingerprint density at radius 1 is 0.727 bits per heavy atom. The van der Waals surface area contributed by atoms with Crippen molar-refractivity contribution in [3.05, 3.63) is 101 Å². The number of imide groups is 1. The summed E-state index contributed by atoms with van der Waals surface area (Å²) in [5.74, 6) is -1.65. The molecule has 5 atom stereocenters. The lowest BCUT2D eigenvalue weighted by molar-refractivity contribution is -0.990. The summed E-state index contributed by atoms with van der Waals surface area (Å²) in [4.78, 5) is 28.5. The van der Waals surface area contributed by atoms with E-state index in [4.69, 9.17) is 0 Å². The lowest BCUT2D eigenvalue weighted by atomic mass is 9.73. The first-order valence-electron chi connectivity index (χ1n) is 11.1. The van der Waals surface area contributed by atoms with Gasteiger partial charge in [-0.15, -0.1) is 0 Å². The Labute approximate surface area is 190 Å². The van der Waals surface area contributed by atoms with E-state index < -0.39 is 17.1 Å². The average Bonchev–Trinajstić information content (AvgIpc) is 3.49. The molecule has 0 aromatic heterocycles. The predicted molar refractivity (Wildman–Crippen MR) is 123 cm³/mol. The number of hydrogen-bond acceptors (Lipinski definition) is 4. The van der Waals surface area contributed by atoms with E-state index in [1.54, 1.807) is 18.2 Å². The van der Waals surface area contributed by atoms with Gasteiger partial charge in [0.15, 0.2) is 5.69 Å². The molecule has 33 heavy (non-hydrogen) atoms. The van der Waals surface area contributed by atoms with Crippen LogP contribution in [-0.2, 0) is 9.59 Å². The summed E-state index contributed by atoms with van der Waals surface area (Å²) >= 11 is 0. The molecule has 6 rings (SSSR count). The molecule has 164 valence electrons. The van der Waals surface area contributed by atoms with E-state index in [1.807, 2.05) is 36.4 Å². The molecule has 0 spiro atoms. The average molecular weight is 438 g/mol. The fourth-order valence-electron chi connectivity index (χ4n) is 6.18. The molecule has 2 aliphatic carbocycles. The molecule has 6 nitrogen and oxygen atoms in total. The number of benzene rings is 3. The van der Waals surface area contributed by atoms with Crippen LogP contribution >= 0.6 is 0 Å². The summed E-state index contributed by atoms with van der Waals surface area (Å²) in [6, 6.07) is 26.4. The van der Waals surface area contributed by atoms with Gasteiger partial charge in [-0.3, -0.25) is 9.59 Å². The number of carbonyl (C=O) groups excluding carboxylic acids is 2. The lowest BCUT2D eigenvalue weighted by Crippen LogP contribution is -2.99. The van der Waals surface area contributed by atoms with Crippen LogP contribution in [0.1, 0.15) is 17.5 Å². The highest BCUT2D eigenvalue weighted by molar-refractivity contribution is 6.25. The second kappa shape index (κ2) is 7.49. The number of allylic oxidation sites excluding steroid dienone is 2. The predicted octanol–water partition coefficient (Wildman–Crippen LogP) is 3.46. The van der Waals surface area contributed by atoms with Crippen molar-refractivity contribution in [3.8, 4) is 0 Å². The number of carbonyl (C=O) groups is 2. The van der Waals surface area contributed by atoms with E-state index in [2.05, 4.69) is 24.3 Å². The molecule has 3 aromatic carbocycles. The van der Waals surface area contributed by atoms with Gasteiger partial charge in [0, 0.05) is 6.07 Å². The van der Waals surface area contributed by atoms with Gasteiger partial charge in [-0.1, -0.05) is 72.8 Å². The smallest absolute Gasteiger partial charge is 0.238 e. The fourth-order valence-corrected chi connectivity index (χ4v) is 6.18. The number of nitrogens with one attached hydrogen (secondary N) is 1. The van der Waals surface area contributed by atoms with Gasteiger partial charge in [-0.2, -0.15) is 5.23 Å². The monoisotopic (exact) mass is 438 g/mol. The highest BCUT2D eigenvalue weighted by Gasteiger charge is 2.64. The van der Waals surface area contributed by atoms with E-state index in [0.717, 1.165) is 33.6 Å².